The van der Waals surface area contributed by atoms with Gasteiger partial charge in [0.25, 0.3) is 0 Å². The van der Waals surface area contributed by atoms with Crippen LogP contribution in [0.3, 0.4) is 0 Å². The molecule has 1 atom stereocenters. The van der Waals surface area contributed by atoms with Crippen LogP contribution in [0, 0.1) is 12.3 Å². The Bertz CT molecular complexity index is 436. The van der Waals surface area contributed by atoms with Crippen molar-refractivity contribution >= 4 is 21.6 Å². The highest BCUT2D eigenvalue weighted by molar-refractivity contribution is 9.10. The van der Waals surface area contributed by atoms with Gasteiger partial charge in [-0.15, -0.1) is 0 Å². The van der Waals surface area contributed by atoms with Crippen molar-refractivity contribution in [2.24, 2.45) is 11.1 Å². The molecule has 3 heteroatoms. The molecule has 1 aromatic rings. The highest BCUT2D eigenvalue weighted by Gasteiger charge is 2.39. The first-order chi connectivity index (χ1) is 8.84. The number of rotatable bonds is 3. The molecule has 0 bridgehead atoms. The molecule has 106 valence electrons. The Labute approximate surface area is 125 Å². The van der Waals surface area contributed by atoms with E-state index in [2.05, 4.69) is 60.2 Å². The Hall–Kier alpha value is -0.540. The summed E-state index contributed by atoms with van der Waals surface area (Å²) < 4.78 is 1.12. The van der Waals surface area contributed by atoms with Gasteiger partial charge in [0.05, 0.1) is 5.54 Å². The topological polar surface area (TPSA) is 38.0 Å². The van der Waals surface area contributed by atoms with Gasteiger partial charge in [-0.05, 0) is 55.4 Å². The van der Waals surface area contributed by atoms with Crippen molar-refractivity contribution in [3.63, 3.8) is 0 Å². The van der Waals surface area contributed by atoms with Crippen LogP contribution in [0.5, 0.6) is 0 Å². The Morgan fingerprint density at radius 2 is 2.00 bits per heavy atom. The second-order valence-corrected chi connectivity index (χ2v) is 7.74. The zero-order chi connectivity index (χ0) is 14.1. The van der Waals surface area contributed by atoms with Crippen molar-refractivity contribution < 1.29 is 0 Å². The van der Waals surface area contributed by atoms with Gasteiger partial charge in [0.2, 0.25) is 0 Å². The quantitative estimate of drug-likeness (QED) is 0.861. The van der Waals surface area contributed by atoms with Crippen molar-refractivity contribution in [3.05, 3.63) is 28.2 Å². The van der Waals surface area contributed by atoms with Crippen molar-refractivity contribution in [1.82, 2.24) is 0 Å². The predicted octanol–water partition coefficient (Wildman–Crippen LogP) is 4.47. The van der Waals surface area contributed by atoms with E-state index >= 15 is 0 Å². The molecule has 1 aliphatic carbocycles. The van der Waals surface area contributed by atoms with E-state index in [1.807, 2.05) is 0 Å². The summed E-state index contributed by atoms with van der Waals surface area (Å²) in [5.41, 5.74) is 8.98. The molecule has 1 aromatic carbocycles. The van der Waals surface area contributed by atoms with Gasteiger partial charge in [0.1, 0.15) is 0 Å². The van der Waals surface area contributed by atoms with Crippen LogP contribution in [0.2, 0.25) is 0 Å². The van der Waals surface area contributed by atoms with Gasteiger partial charge in [0, 0.05) is 16.7 Å². The summed E-state index contributed by atoms with van der Waals surface area (Å²) in [5, 5.41) is 3.73. The van der Waals surface area contributed by atoms with E-state index in [1.54, 1.807) is 0 Å². The van der Waals surface area contributed by atoms with Crippen molar-refractivity contribution in [3.8, 4) is 0 Å². The molecule has 1 fully saturated rings. The molecule has 0 aliphatic heterocycles. The second-order valence-electron chi connectivity index (χ2n) is 6.82. The van der Waals surface area contributed by atoms with E-state index < -0.39 is 0 Å². The monoisotopic (exact) mass is 324 g/mol. The molecular formula is C16H25BrN2. The number of benzene rings is 1. The largest absolute Gasteiger partial charge is 0.378 e. The molecule has 3 N–H and O–H groups in total. The Balaban J connectivity index is 2.22. The molecule has 1 saturated carbocycles. The molecule has 0 amide bonds. The van der Waals surface area contributed by atoms with Crippen molar-refractivity contribution in [1.29, 1.82) is 0 Å². The van der Waals surface area contributed by atoms with Crippen LogP contribution < -0.4 is 11.1 Å². The van der Waals surface area contributed by atoms with Gasteiger partial charge in [0.15, 0.2) is 0 Å². The van der Waals surface area contributed by atoms with E-state index in [0.717, 1.165) is 10.9 Å². The molecule has 19 heavy (non-hydrogen) atoms. The summed E-state index contributed by atoms with van der Waals surface area (Å²) in [5.74, 6) is 0. The fourth-order valence-corrected chi connectivity index (χ4v) is 4.05. The minimum absolute atomic E-state index is 0.0506. The summed E-state index contributed by atoms with van der Waals surface area (Å²) in [6.07, 6.45) is 4.86. The normalized spacial score (nSPS) is 26.2. The predicted molar refractivity (Wildman–Crippen MR) is 86.5 cm³/mol. The summed E-state index contributed by atoms with van der Waals surface area (Å²) in [6.45, 7) is 7.52. The molecule has 1 unspecified atom stereocenters. The number of aryl methyl sites for hydroxylation is 1. The molecule has 2 rings (SSSR count). The number of nitrogens with two attached hydrogens (primary N) is 1. The van der Waals surface area contributed by atoms with E-state index in [9.17, 15) is 0 Å². The average Bonchev–Trinajstić information content (AvgIpc) is 2.26. The lowest BCUT2D eigenvalue weighted by Crippen LogP contribution is -2.51. The van der Waals surface area contributed by atoms with E-state index in [4.69, 9.17) is 5.73 Å². The number of anilines is 1. The van der Waals surface area contributed by atoms with Crippen LogP contribution >= 0.6 is 15.9 Å². The number of hydrogen-bond donors (Lipinski definition) is 2. The van der Waals surface area contributed by atoms with Gasteiger partial charge < -0.3 is 11.1 Å². The standard InChI is InChI=1S/C16H25BrN2/c1-12-7-13(17)9-14(8-12)19-16(11-18)6-4-5-15(2,3)10-16/h7-9,19H,4-6,10-11,18H2,1-3H3. The van der Waals surface area contributed by atoms with Crippen LogP contribution in [0.25, 0.3) is 0 Å². The molecule has 1 aliphatic rings. The maximum absolute atomic E-state index is 6.11. The Kier molecular flexibility index (Phi) is 4.26. The molecule has 0 heterocycles. The fraction of sp³-hybridized carbons (Fsp3) is 0.625. The van der Waals surface area contributed by atoms with Gasteiger partial charge in [-0.1, -0.05) is 36.2 Å². The van der Waals surface area contributed by atoms with Crippen LogP contribution in [0.15, 0.2) is 22.7 Å². The van der Waals surface area contributed by atoms with E-state index in [0.29, 0.717) is 12.0 Å². The third-order valence-corrected chi connectivity index (χ3v) is 4.63. The lowest BCUT2D eigenvalue weighted by molar-refractivity contribution is 0.170. The zero-order valence-electron chi connectivity index (χ0n) is 12.2. The van der Waals surface area contributed by atoms with Crippen LogP contribution in [0.4, 0.5) is 5.69 Å². The lowest BCUT2D eigenvalue weighted by atomic mass is 9.68. The first-order valence-electron chi connectivity index (χ1n) is 7.10. The van der Waals surface area contributed by atoms with Crippen LogP contribution in [-0.2, 0) is 0 Å². The molecule has 0 saturated heterocycles. The second kappa shape index (κ2) is 5.45. The summed E-state index contributed by atoms with van der Waals surface area (Å²) in [7, 11) is 0. The fourth-order valence-electron chi connectivity index (χ4n) is 3.44. The maximum atomic E-state index is 6.11. The molecule has 0 spiro atoms. The number of halogens is 1. The molecule has 2 nitrogen and oxygen atoms in total. The van der Waals surface area contributed by atoms with E-state index in [-0.39, 0.29) is 5.54 Å². The van der Waals surface area contributed by atoms with Gasteiger partial charge >= 0.3 is 0 Å². The maximum Gasteiger partial charge on any atom is 0.0500 e. The van der Waals surface area contributed by atoms with E-state index in [1.165, 1.54) is 30.5 Å². The SMILES string of the molecule is Cc1cc(Br)cc(NC2(CN)CCCC(C)(C)C2)c1. The smallest absolute Gasteiger partial charge is 0.0500 e. The molecule has 0 aromatic heterocycles. The molecule has 0 radical (unpaired) electrons. The summed E-state index contributed by atoms with van der Waals surface area (Å²) >= 11 is 3.57. The van der Waals surface area contributed by atoms with Crippen LogP contribution in [-0.4, -0.2) is 12.1 Å². The van der Waals surface area contributed by atoms with Crippen molar-refractivity contribution in [2.45, 2.75) is 52.0 Å². The zero-order valence-corrected chi connectivity index (χ0v) is 13.8. The number of hydrogen-bond acceptors (Lipinski definition) is 2. The third kappa shape index (κ3) is 3.73. The molecular weight excluding hydrogens is 300 g/mol. The van der Waals surface area contributed by atoms with Crippen molar-refractivity contribution in [2.75, 3.05) is 11.9 Å². The summed E-state index contributed by atoms with van der Waals surface area (Å²) in [6, 6.07) is 6.47. The Morgan fingerprint density at radius 1 is 1.26 bits per heavy atom. The average molecular weight is 325 g/mol. The van der Waals surface area contributed by atoms with Crippen LogP contribution in [0.1, 0.15) is 45.1 Å². The summed E-state index contributed by atoms with van der Waals surface area (Å²) in [4.78, 5) is 0. The first kappa shape index (κ1) is 14.9. The van der Waals surface area contributed by atoms with Gasteiger partial charge in [-0.25, -0.2) is 0 Å². The third-order valence-electron chi connectivity index (χ3n) is 4.17. The minimum Gasteiger partial charge on any atom is -0.378 e. The Morgan fingerprint density at radius 3 is 2.58 bits per heavy atom. The van der Waals surface area contributed by atoms with Gasteiger partial charge in [-0.2, -0.15) is 0 Å². The minimum atomic E-state index is 0.0506. The first-order valence-corrected chi connectivity index (χ1v) is 7.89. The van der Waals surface area contributed by atoms with Gasteiger partial charge in [-0.3, -0.25) is 0 Å². The number of nitrogens with one attached hydrogen (secondary N) is 1. The highest BCUT2D eigenvalue weighted by Crippen LogP contribution is 2.42. The lowest BCUT2D eigenvalue weighted by Gasteiger charge is -2.45. The highest BCUT2D eigenvalue weighted by atomic mass is 79.9.